The third-order valence-electron chi connectivity index (χ3n) is 10.4. The Morgan fingerprint density at radius 3 is 2.28 bits per heavy atom. The smallest absolute Gasteiger partial charge is 0.345 e. The molecular weight excluding hydrogens is 468 g/mol. The fourth-order valence-electron chi connectivity index (χ4n) is 8.77. The molecule has 3 bridgehead atoms. The summed E-state index contributed by atoms with van der Waals surface area (Å²) in [6, 6.07) is 0. The van der Waals surface area contributed by atoms with Crippen LogP contribution in [0, 0.1) is 16.2 Å². The SMILES string of the molecule is C=C1[C@]23C(=O)O[C@@H](C)[C@@]24O[C@]2(C(=C)[C@@]5(C=CC(=O)OC5(C)C)CC[C@@]32C)[C@@H](OC(C)=O)[C@]1(C)OC4=O. The van der Waals surface area contributed by atoms with E-state index < -0.39 is 74.7 Å². The van der Waals surface area contributed by atoms with Crippen LogP contribution in [-0.4, -0.2) is 58.5 Å². The monoisotopic (exact) mass is 498 g/mol. The molecule has 3 saturated heterocycles. The quantitative estimate of drug-likeness (QED) is 0.305. The number of cyclic esters (lactones) is 2. The third kappa shape index (κ3) is 1.82. The normalized spacial score (nSPS) is 51.4. The maximum atomic E-state index is 13.9. The molecule has 6 rings (SSSR count). The molecule has 2 spiro atoms. The molecule has 36 heavy (non-hydrogen) atoms. The Kier molecular flexibility index (Phi) is 3.88. The maximum Gasteiger partial charge on any atom is 0.345 e. The van der Waals surface area contributed by atoms with Crippen molar-refractivity contribution >= 4 is 23.9 Å². The number of carbonyl (C=O) groups excluding carboxylic acids is 4. The van der Waals surface area contributed by atoms with Crippen LogP contribution >= 0.6 is 0 Å². The van der Waals surface area contributed by atoms with Crippen molar-refractivity contribution in [1.29, 1.82) is 0 Å². The first-order valence-electron chi connectivity index (χ1n) is 12.2. The van der Waals surface area contributed by atoms with Gasteiger partial charge >= 0.3 is 23.9 Å². The van der Waals surface area contributed by atoms with Crippen LogP contribution in [0.3, 0.4) is 0 Å². The standard InChI is InChI=1S/C27H30O9/c1-13-23(8)18(33-16(4)28)26-14(2)24(10-9-17(29)34-21(24,5)6)12-11-22(26,7)25(13)19(30)32-15(3)27(25,36-26)20(31)35-23/h9-10,15,18H,1-2,11-12H2,3-8H3/t15-,18-,22-,23+,24+,25+,26+,27-/m0/s1. The highest BCUT2D eigenvalue weighted by Crippen LogP contribution is 2.84. The first-order chi connectivity index (χ1) is 16.5. The fourth-order valence-corrected chi connectivity index (χ4v) is 8.77. The fraction of sp³-hybridized carbons (Fsp3) is 0.630. The first kappa shape index (κ1) is 23.5. The molecule has 2 saturated carbocycles. The average molecular weight is 499 g/mol. The Morgan fingerprint density at radius 2 is 1.67 bits per heavy atom. The molecule has 0 aromatic heterocycles. The van der Waals surface area contributed by atoms with Crippen LogP contribution in [0.4, 0.5) is 0 Å². The molecule has 0 unspecified atom stereocenters. The second-order valence-electron chi connectivity index (χ2n) is 11.9. The average Bonchev–Trinajstić information content (AvgIpc) is 3.07. The number of ether oxygens (including phenoxy) is 5. The van der Waals surface area contributed by atoms with Crippen molar-refractivity contribution in [3.8, 4) is 0 Å². The summed E-state index contributed by atoms with van der Waals surface area (Å²) in [6.07, 6.45) is 1.69. The van der Waals surface area contributed by atoms with Gasteiger partial charge in [-0.1, -0.05) is 26.2 Å². The lowest BCUT2D eigenvalue weighted by Crippen LogP contribution is -2.79. The summed E-state index contributed by atoms with van der Waals surface area (Å²) in [4.78, 5) is 52.6. The number of esters is 4. The predicted molar refractivity (Wildman–Crippen MR) is 122 cm³/mol. The number of carbonyl (C=O) groups is 4. The Bertz CT molecular complexity index is 1260. The zero-order valence-electron chi connectivity index (χ0n) is 21.3. The van der Waals surface area contributed by atoms with Crippen LogP contribution in [0.5, 0.6) is 0 Å². The van der Waals surface area contributed by atoms with Crippen LogP contribution < -0.4 is 0 Å². The van der Waals surface area contributed by atoms with Crippen LogP contribution in [0.15, 0.2) is 36.5 Å². The summed E-state index contributed by atoms with van der Waals surface area (Å²) >= 11 is 0. The van der Waals surface area contributed by atoms with Gasteiger partial charge in [0.15, 0.2) is 11.7 Å². The lowest BCUT2D eigenvalue weighted by atomic mass is 9.35. The van der Waals surface area contributed by atoms with E-state index >= 15 is 0 Å². The maximum absolute atomic E-state index is 13.9. The Labute approximate surface area is 208 Å². The molecule has 0 N–H and O–H groups in total. The van der Waals surface area contributed by atoms with Gasteiger partial charge in [-0.05, 0) is 51.7 Å². The highest BCUT2D eigenvalue weighted by molar-refractivity contribution is 6.02. The molecule has 0 radical (unpaired) electrons. The molecule has 5 fully saturated rings. The summed E-state index contributed by atoms with van der Waals surface area (Å²) in [7, 11) is 0. The highest BCUT2D eigenvalue weighted by atomic mass is 16.7. The van der Waals surface area contributed by atoms with Gasteiger partial charge < -0.3 is 23.7 Å². The summed E-state index contributed by atoms with van der Waals surface area (Å²) in [5, 5.41) is 0. The summed E-state index contributed by atoms with van der Waals surface area (Å²) in [5.74, 6) is -2.47. The van der Waals surface area contributed by atoms with E-state index in [0.29, 0.717) is 24.0 Å². The molecule has 0 aromatic carbocycles. The summed E-state index contributed by atoms with van der Waals surface area (Å²) < 4.78 is 30.4. The van der Waals surface area contributed by atoms with Gasteiger partial charge in [0.05, 0.1) is 5.41 Å². The number of fused-ring (bicyclic) bond motifs is 1. The summed E-state index contributed by atoms with van der Waals surface area (Å²) in [5.41, 5.74) is -9.02. The van der Waals surface area contributed by atoms with Crippen molar-refractivity contribution in [2.45, 2.75) is 89.0 Å². The topological polar surface area (TPSA) is 114 Å². The van der Waals surface area contributed by atoms with Crippen LogP contribution in [0.25, 0.3) is 0 Å². The molecule has 6 aliphatic rings. The molecule has 192 valence electrons. The largest absolute Gasteiger partial charge is 0.458 e. The van der Waals surface area contributed by atoms with Crippen molar-refractivity contribution in [1.82, 2.24) is 0 Å². The number of hydrogen-bond acceptors (Lipinski definition) is 9. The van der Waals surface area contributed by atoms with E-state index in [0.717, 1.165) is 0 Å². The second kappa shape index (κ2) is 5.96. The molecule has 8 atom stereocenters. The van der Waals surface area contributed by atoms with Crippen molar-refractivity contribution in [2.75, 3.05) is 0 Å². The van der Waals surface area contributed by atoms with E-state index in [4.69, 9.17) is 23.7 Å². The highest BCUT2D eigenvalue weighted by Gasteiger charge is 2.99. The molecule has 9 heteroatoms. The van der Waals surface area contributed by atoms with E-state index in [1.165, 1.54) is 13.0 Å². The van der Waals surface area contributed by atoms with Crippen molar-refractivity contribution in [3.63, 3.8) is 0 Å². The minimum atomic E-state index is -1.85. The molecule has 4 heterocycles. The lowest BCUT2D eigenvalue weighted by Gasteiger charge is -2.67. The minimum Gasteiger partial charge on any atom is -0.458 e. The Balaban J connectivity index is 1.74. The van der Waals surface area contributed by atoms with Crippen molar-refractivity contribution < 1.29 is 42.9 Å². The van der Waals surface area contributed by atoms with Crippen molar-refractivity contribution in [2.24, 2.45) is 16.2 Å². The van der Waals surface area contributed by atoms with E-state index in [1.807, 2.05) is 6.92 Å². The van der Waals surface area contributed by atoms with Gasteiger partial charge in [-0.3, -0.25) is 9.59 Å². The van der Waals surface area contributed by atoms with Gasteiger partial charge in [0, 0.05) is 18.4 Å². The predicted octanol–water partition coefficient (Wildman–Crippen LogP) is 2.48. The molecule has 4 aliphatic heterocycles. The van der Waals surface area contributed by atoms with Crippen LogP contribution in [0.1, 0.15) is 54.4 Å². The molecule has 9 nitrogen and oxygen atoms in total. The van der Waals surface area contributed by atoms with Gasteiger partial charge in [-0.2, -0.15) is 0 Å². The molecule has 0 amide bonds. The Hall–Kier alpha value is -2.94. The number of hydrogen-bond donors (Lipinski definition) is 0. The van der Waals surface area contributed by atoms with Gasteiger partial charge in [-0.25, -0.2) is 9.59 Å². The van der Waals surface area contributed by atoms with Crippen LogP contribution in [0.2, 0.25) is 0 Å². The van der Waals surface area contributed by atoms with Gasteiger partial charge in [0.1, 0.15) is 22.7 Å². The van der Waals surface area contributed by atoms with Gasteiger partial charge in [-0.15, -0.1) is 0 Å². The minimum absolute atomic E-state index is 0.291. The van der Waals surface area contributed by atoms with E-state index in [9.17, 15) is 19.2 Å². The van der Waals surface area contributed by atoms with E-state index in [-0.39, 0.29) is 0 Å². The second-order valence-corrected chi connectivity index (χ2v) is 11.9. The Morgan fingerprint density at radius 1 is 1.00 bits per heavy atom. The molecule has 2 aliphatic carbocycles. The zero-order chi connectivity index (χ0) is 26.5. The van der Waals surface area contributed by atoms with Gasteiger partial charge in [0.25, 0.3) is 0 Å². The third-order valence-corrected chi connectivity index (χ3v) is 10.4. The van der Waals surface area contributed by atoms with Crippen LogP contribution in [-0.2, 0) is 42.9 Å². The van der Waals surface area contributed by atoms with Gasteiger partial charge in [0.2, 0.25) is 5.60 Å². The first-order valence-corrected chi connectivity index (χ1v) is 12.2. The zero-order valence-corrected chi connectivity index (χ0v) is 21.3. The molecule has 0 aromatic rings. The molecular formula is C27H30O9. The number of rotatable bonds is 1. The summed E-state index contributed by atoms with van der Waals surface area (Å²) in [6.45, 7) is 18.7. The van der Waals surface area contributed by atoms with E-state index in [2.05, 4.69) is 13.2 Å². The van der Waals surface area contributed by atoms with E-state index in [1.54, 1.807) is 33.8 Å². The van der Waals surface area contributed by atoms with Crippen molar-refractivity contribution in [3.05, 3.63) is 36.5 Å². The lowest BCUT2D eigenvalue weighted by molar-refractivity contribution is -0.239.